The van der Waals surface area contributed by atoms with Gasteiger partial charge in [-0.2, -0.15) is 11.8 Å². The van der Waals surface area contributed by atoms with Gasteiger partial charge in [0.15, 0.2) is 0 Å². The van der Waals surface area contributed by atoms with E-state index in [1.165, 1.54) is 7.11 Å². The van der Waals surface area contributed by atoms with Gasteiger partial charge in [-0.3, -0.25) is 0 Å². The van der Waals surface area contributed by atoms with Crippen LogP contribution in [0.25, 0.3) is 0 Å². The predicted octanol–water partition coefficient (Wildman–Crippen LogP) is 3.17. The van der Waals surface area contributed by atoms with Crippen molar-refractivity contribution in [3.8, 4) is 0 Å². The molecule has 0 spiro atoms. The number of rotatable bonds is 3. The second-order valence-electron chi connectivity index (χ2n) is 5.90. The van der Waals surface area contributed by atoms with Crippen LogP contribution >= 0.6 is 11.8 Å². The quantitative estimate of drug-likeness (QED) is 0.863. The monoisotopic (exact) mass is 279 g/mol. The summed E-state index contributed by atoms with van der Waals surface area (Å²) in [6, 6.07) is 9.87. The number of carbonyl (C=O) groups is 1. The zero-order chi connectivity index (χ0) is 13.9. The fourth-order valence-corrected chi connectivity index (χ4v) is 4.07. The van der Waals surface area contributed by atoms with E-state index < -0.39 is 5.54 Å². The molecule has 3 nitrogen and oxygen atoms in total. The molecule has 0 aliphatic carbocycles. The van der Waals surface area contributed by atoms with Crippen LogP contribution in [-0.4, -0.2) is 30.1 Å². The molecular weight excluding hydrogens is 258 g/mol. The van der Waals surface area contributed by atoms with Crippen LogP contribution in [0.2, 0.25) is 0 Å². The van der Waals surface area contributed by atoms with Crippen LogP contribution in [0.3, 0.4) is 0 Å². The average molecular weight is 279 g/mol. The average Bonchev–Trinajstić information content (AvgIpc) is 2.37. The number of thioether (sulfide) groups is 1. The fourth-order valence-electron chi connectivity index (χ4n) is 2.68. The Labute approximate surface area is 119 Å². The lowest BCUT2D eigenvalue weighted by Gasteiger charge is -2.43. The lowest BCUT2D eigenvalue weighted by molar-refractivity contribution is -0.146. The van der Waals surface area contributed by atoms with E-state index in [-0.39, 0.29) is 11.4 Å². The Bertz CT molecular complexity index is 447. The summed E-state index contributed by atoms with van der Waals surface area (Å²) >= 11 is 1.81. The molecule has 0 radical (unpaired) electrons. The summed E-state index contributed by atoms with van der Waals surface area (Å²) in [6.45, 7) is 4.40. The Kier molecular flexibility index (Phi) is 4.09. The maximum Gasteiger partial charge on any atom is 0.332 e. The van der Waals surface area contributed by atoms with Gasteiger partial charge in [0, 0.05) is 11.4 Å². The van der Waals surface area contributed by atoms with Crippen LogP contribution in [0.5, 0.6) is 0 Å². The number of methoxy groups -OCH3 is 1. The summed E-state index contributed by atoms with van der Waals surface area (Å²) in [5.41, 5.74) is 0.465. The van der Waals surface area contributed by atoms with Crippen LogP contribution < -0.4 is 5.32 Å². The van der Waals surface area contributed by atoms with Crippen molar-refractivity contribution in [2.24, 2.45) is 5.41 Å². The first-order valence-corrected chi connectivity index (χ1v) is 7.62. The van der Waals surface area contributed by atoms with Gasteiger partial charge in [0.2, 0.25) is 0 Å². The van der Waals surface area contributed by atoms with Crippen LogP contribution in [0.15, 0.2) is 30.3 Å². The van der Waals surface area contributed by atoms with Crippen molar-refractivity contribution in [1.29, 1.82) is 0 Å². The standard InChI is InChI=1S/C15H21NO2S/c1-14(2)9-15(11-19-10-14,13(17)18-3)16-12-7-5-4-6-8-12/h4-8,16H,9-11H2,1-3H3. The van der Waals surface area contributed by atoms with Crippen molar-refractivity contribution in [2.45, 2.75) is 25.8 Å². The molecule has 104 valence electrons. The minimum Gasteiger partial charge on any atom is -0.467 e. The molecule has 1 aliphatic heterocycles. The van der Waals surface area contributed by atoms with Crippen LogP contribution in [0.4, 0.5) is 5.69 Å². The summed E-state index contributed by atoms with van der Waals surface area (Å²) in [5, 5.41) is 3.41. The molecule has 1 saturated heterocycles. The molecule has 1 fully saturated rings. The Morgan fingerprint density at radius 2 is 1.95 bits per heavy atom. The maximum absolute atomic E-state index is 12.3. The van der Waals surface area contributed by atoms with E-state index in [9.17, 15) is 4.79 Å². The molecule has 0 aromatic heterocycles. The van der Waals surface area contributed by atoms with Gasteiger partial charge in [-0.05, 0) is 29.7 Å². The van der Waals surface area contributed by atoms with E-state index in [1.54, 1.807) is 0 Å². The summed E-state index contributed by atoms with van der Waals surface area (Å²) < 4.78 is 5.04. The predicted molar refractivity (Wildman–Crippen MR) is 80.5 cm³/mol. The van der Waals surface area contributed by atoms with Gasteiger partial charge in [-0.1, -0.05) is 32.0 Å². The lowest BCUT2D eigenvalue weighted by atomic mass is 9.79. The molecule has 4 heteroatoms. The van der Waals surface area contributed by atoms with E-state index in [1.807, 2.05) is 42.1 Å². The van der Waals surface area contributed by atoms with Gasteiger partial charge in [0.05, 0.1) is 7.11 Å². The number of hydrogen-bond acceptors (Lipinski definition) is 4. The summed E-state index contributed by atoms with van der Waals surface area (Å²) in [6.07, 6.45) is 0.786. The number of para-hydroxylation sites is 1. The van der Waals surface area contributed by atoms with E-state index in [0.717, 1.165) is 23.6 Å². The summed E-state index contributed by atoms with van der Waals surface area (Å²) in [7, 11) is 1.46. The molecule has 1 heterocycles. The molecule has 1 N–H and O–H groups in total. The number of ether oxygens (including phenoxy) is 1. The van der Waals surface area contributed by atoms with Gasteiger partial charge in [0.1, 0.15) is 5.54 Å². The molecule has 1 aromatic carbocycles. The van der Waals surface area contributed by atoms with Crippen molar-refractivity contribution < 1.29 is 9.53 Å². The Morgan fingerprint density at radius 1 is 1.26 bits per heavy atom. The third-order valence-electron chi connectivity index (χ3n) is 3.36. The van der Waals surface area contributed by atoms with Crippen LogP contribution in [0.1, 0.15) is 20.3 Å². The highest BCUT2D eigenvalue weighted by atomic mass is 32.2. The normalized spacial score (nSPS) is 25.6. The Hall–Kier alpha value is -1.16. The number of anilines is 1. The first-order chi connectivity index (χ1) is 8.97. The molecule has 0 bridgehead atoms. The number of esters is 1. The van der Waals surface area contributed by atoms with E-state index in [4.69, 9.17) is 4.74 Å². The number of benzene rings is 1. The lowest BCUT2D eigenvalue weighted by Crippen LogP contribution is -2.55. The minimum atomic E-state index is -0.622. The van der Waals surface area contributed by atoms with Gasteiger partial charge in [0.25, 0.3) is 0 Å². The van der Waals surface area contributed by atoms with Crippen molar-refractivity contribution >= 4 is 23.4 Å². The molecule has 1 aromatic rings. The minimum absolute atomic E-state index is 0.124. The number of carbonyl (C=O) groups excluding carboxylic acids is 1. The van der Waals surface area contributed by atoms with E-state index in [2.05, 4.69) is 19.2 Å². The van der Waals surface area contributed by atoms with Crippen molar-refractivity contribution in [3.05, 3.63) is 30.3 Å². The second-order valence-corrected chi connectivity index (χ2v) is 6.88. The first kappa shape index (κ1) is 14.3. The number of hydrogen-bond donors (Lipinski definition) is 1. The highest BCUT2D eigenvalue weighted by Crippen LogP contribution is 2.41. The van der Waals surface area contributed by atoms with Gasteiger partial charge < -0.3 is 10.1 Å². The van der Waals surface area contributed by atoms with Gasteiger partial charge in [-0.15, -0.1) is 0 Å². The Balaban J connectivity index is 2.27. The van der Waals surface area contributed by atoms with Crippen LogP contribution in [-0.2, 0) is 9.53 Å². The Morgan fingerprint density at radius 3 is 2.53 bits per heavy atom. The molecule has 0 amide bonds. The zero-order valence-corrected chi connectivity index (χ0v) is 12.5. The highest BCUT2D eigenvalue weighted by molar-refractivity contribution is 7.99. The van der Waals surface area contributed by atoms with Gasteiger partial charge in [-0.25, -0.2) is 4.79 Å². The molecular formula is C15H21NO2S. The maximum atomic E-state index is 12.3. The largest absolute Gasteiger partial charge is 0.467 e. The topological polar surface area (TPSA) is 38.3 Å². The summed E-state index contributed by atoms with van der Waals surface area (Å²) in [4.78, 5) is 12.3. The highest BCUT2D eigenvalue weighted by Gasteiger charge is 2.47. The van der Waals surface area contributed by atoms with Crippen molar-refractivity contribution in [1.82, 2.24) is 0 Å². The van der Waals surface area contributed by atoms with E-state index >= 15 is 0 Å². The second kappa shape index (κ2) is 5.45. The smallest absolute Gasteiger partial charge is 0.332 e. The molecule has 2 rings (SSSR count). The molecule has 19 heavy (non-hydrogen) atoms. The van der Waals surface area contributed by atoms with Gasteiger partial charge >= 0.3 is 5.97 Å². The van der Waals surface area contributed by atoms with Crippen molar-refractivity contribution in [2.75, 3.05) is 23.9 Å². The summed E-state index contributed by atoms with van der Waals surface area (Å²) in [5.74, 6) is 1.65. The van der Waals surface area contributed by atoms with E-state index in [0.29, 0.717) is 0 Å². The number of nitrogens with one attached hydrogen (secondary N) is 1. The third kappa shape index (κ3) is 3.24. The SMILES string of the molecule is COC(=O)C1(Nc2ccccc2)CSCC(C)(C)C1. The molecule has 1 unspecified atom stereocenters. The fraction of sp³-hybridized carbons (Fsp3) is 0.533. The first-order valence-electron chi connectivity index (χ1n) is 6.47. The molecule has 0 saturated carbocycles. The van der Waals surface area contributed by atoms with Crippen molar-refractivity contribution in [3.63, 3.8) is 0 Å². The zero-order valence-electron chi connectivity index (χ0n) is 11.7. The molecule has 1 atom stereocenters. The third-order valence-corrected chi connectivity index (χ3v) is 5.04. The molecule has 1 aliphatic rings. The van der Waals surface area contributed by atoms with Crippen LogP contribution in [0, 0.1) is 5.41 Å².